The van der Waals surface area contributed by atoms with Gasteiger partial charge in [-0.3, -0.25) is 4.79 Å². The van der Waals surface area contributed by atoms with Gasteiger partial charge in [0.15, 0.2) is 0 Å². The number of imidazole rings is 1. The lowest BCUT2D eigenvalue weighted by Crippen LogP contribution is -2.49. The van der Waals surface area contributed by atoms with E-state index in [1.54, 1.807) is 0 Å². The lowest BCUT2D eigenvalue weighted by Gasteiger charge is -2.32. The molecule has 1 amide bonds. The van der Waals surface area contributed by atoms with Crippen molar-refractivity contribution in [2.24, 2.45) is 0 Å². The van der Waals surface area contributed by atoms with E-state index in [1.165, 1.54) is 29.4 Å². The van der Waals surface area contributed by atoms with Crippen LogP contribution in [-0.4, -0.2) is 37.9 Å². The fraction of sp³-hybridized carbons (Fsp3) is 0.267. The number of aromatic nitrogens is 2. The van der Waals surface area contributed by atoms with Gasteiger partial charge >= 0.3 is 5.97 Å². The molecule has 2 aromatic rings. The summed E-state index contributed by atoms with van der Waals surface area (Å²) in [6.07, 6.45) is 1.29. The molecule has 2 heterocycles. The molecule has 1 aliphatic heterocycles. The molecule has 3 rings (SSSR count). The van der Waals surface area contributed by atoms with Crippen molar-refractivity contribution in [1.82, 2.24) is 14.9 Å². The fourth-order valence-corrected chi connectivity index (χ4v) is 2.90. The Morgan fingerprint density at radius 2 is 2.26 bits per heavy atom. The van der Waals surface area contributed by atoms with Gasteiger partial charge in [-0.1, -0.05) is 17.7 Å². The van der Waals surface area contributed by atoms with E-state index >= 15 is 0 Å². The van der Waals surface area contributed by atoms with Crippen LogP contribution in [0.4, 0.5) is 4.39 Å². The molecule has 0 radical (unpaired) electrons. The summed E-state index contributed by atoms with van der Waals surface area (Å²) in [5.74, 6) is -2.20. The molecule has 23 heavy (non-hydrogen) atoms. The summed E-state index contributed by atoms with van der Waals surface area (Å²) in [7, 11) is 0. The van der Waals surface area contributed by atoms with Crippen LogP contribution in [0.1, 0.15) is 17.0 Å². The number of aromatic amines is 1. The minimum atomic E-state index is -1.12. The summed E-state index contributed by atoms with van der Waals surface area (Å²) in [4.78, 5) is 32.1. The van der Waals surface area contributed by atoms with Crippen molar-refractivity contribution in [3.8, 4) is 0 Å². The lowest BCUT2D eigenvalue weighted by molar-refractivity contribution is -0.151. The first-order valence-electron chi connectivity index (χ1n) is 6.93. The maximum Gasteiger partial charge on any atom is 0.326 e. The van der Waals surface area contributed by atoms with E-state index in [-0.39, 0.29) is 30.0 Å². The molecule has 1 aromatic carbocycles. The Hall–Kier alpha value is -2.41. The molecule has 6 nitrogen and oxygen atoms in total. The molecule has 8 heteroatoms. The summed E-state index contributed by atoms with van der Waals surface area (Å²) in [5, 5.41) is 9.51. The third kappa shape index (κ3) is 2.92. The fourth-order valence-electron chi connectivity index (χ4n) is 2.67. The molecular formula is C15H13ClFN3O3. The Labute approximate surface area is 135 Å². The van der Waals surface area contributed by atoms with Gasteiger partial charge < -0.3 is 15.0 Å². The SMILES string of the molecule is O=C(O)C1Cc2nc[nH]c2CN1C(=O)Cc1c(F)cccc1Cl. The second kappa shape index (κ2) is 6.00. The second-order valence-corrected chi connectivity index (χ2v) is 5.69. The quantitative estimate of drug-likeness (QED) is 0.894. The van der Waals surface area contributed by atoms with Crippen LogP contribution in [0, 0.1) is 5.82 Å². The average molecular weight is 338 g/mol. The van der Waals surface area contributed by atoms with Crippen molar-refractivity contribution in [3.63, 3.8) is 0 Å². The van der Waals surface area contributed by atoms with Crippen LogP contribution in [0.5, 0.6) is 0 Å². The summed E-state index contributed by atoms with van der Waals surface area (Å²) >= 11 is 5.93. The highest BCUT2D eigenvalue weighted by atomic mass is 35.5. The Kier molecular flexibility index (Phi) is 4.04. The van der Waals surface area contributed by atoms with Crippen LogP contribution in [-0.2, 0) is 29.0 Å². The van der Waals surface area contributed by atoms with Gasteiger partial charge in [-0.2, -0.15) is 0 Å². The van der Waals surface area contributed by atoms with Crippen molar-refractivity contribution in [2.75, 3.05) is 0 Å². The first kappa shape index (κ1) is 15.5. The van der Waals surface area contributed by atoms with Crippen molar-refractivity contribution < 1.29 is 19.1 Å². The number of halogens is 2. The van der Waals surface area contributed by atoms with Crippen molar-refractivity contribution >= 4 is 23.5 Å². The number of aliphatic carboxylic acids is 1. The third-order valence-corrected chi connectivity index (χ3v) is 4.25. The molecule has 0 saturated heterocycles. The molecule has 0 aliphatic carbocycles. The molecule has 1 unspecified atom stereocenters. The third-order valence-electron chi connectivity index (χ3n) is 3.89. The van der Waals surface area contributed by atoms with Gasteiger partial charge in [-0.15, -0.1) is 0 Å². The number of nitrogens with one attached hydrogen (secondary N) is 1. The summed E-state index contributed by atoms with van der Waals surface area (Å²) in [6, 6.07) is 3.13. The zero-order valence-electron chi connectivity index (χ0n) is 11.9. The van der Waals surface area contributed by atoms with E-state index in [0.717, 1.165) is 0 Å². The summed E-state index contributed by atoms with van der Waals surface area (Å²) in [5.41, 5.74) is 1.39. The standard InChI is InChI=1S/C15H13ClFN3O3/c16-9-2-1-3-10(17)8(9)4-14(21)20-6-12-11(18-7-19-12)5-13(20)15(22)23/h1-3,7,13H,4-6H2,(H,18,19)(H,22,23). The first-order valence-corrected chi connectivity index (χ1v) is 7.31. The number of carboxylic acid groups (broad SMARTS) is 1. The number of amides is 1. The van der Waals surface area contributed by atoms with Gasteiger partial charge in [-0.05, 0) is 12.1 Å². The van der Waals surface area contributed by atoms with Crippen LogP contribution >= 0.6 is 11.6 Å². The topological polar surface area (TPSA) is 86.3 Å². The monoisotopic (exact) mass is 337 g/mol. The Bertz CT molecular complexity index is 757. The summed E-state index contributed by atoms with van der Waals surface area (Å²) in [6.45, 7) is 0.0944. The van der Waals surface area contributed by atoms with E-state index in [9.17, 15) is 19.1 Å². The Morgan fingerprint density at radius 1 is 1.48 bits per heavy atom. The molecule has 120 valence electrons. The van der Waals surface area contributed by atoms with E-state index in [0.29, 0.717) is 11.4 Å². The predicted octanol–water partition coefficient (Wildman–Crippen LogP) is 1.78. The molecule has 1 atom stereocenters. The van der Waals surface area contributed by atoms with E-state index < -0.39 is 23.7 Å². The van der Waals surface area contributed by atoms with Crippen molar-refractivity contribution in [3.05, 3.63) is 52.3 Å². The number of H-pyrrole nitrogens is 1. The molecule has 1 aliphatic rings. The van der Waals surface area contributed by atoms with Gasteiger partial charge in [0.2, 0.25) is 5.91 Å². The molecular weight excluding hydrogens is 325 g/mol. The molecule has 0 saturated carbocycles. The number of hydrogen-bond acceptors (Lipinski definition) is 3. The molecule has 1 aromatic heterocycles. The van der Waals surface area contributed by atoms with Gasteiger partial charge in [0.25, 0.3) is 0 Å². The van der Waals surface area contributed by atoms with Crippen molar-refractivity contribution in [1.29, 1.82) is 0 Å². The average Bonchev–Trinajstić information content (AvgIpc) is 2.97. The van der Waals surface area contributed by atoms with Crippen LogP contribution in [0.2, 0.25) is 5.02 Å². The lowest BCUT2D eigenvalue weighted by atomic mass is 10.0. The zero-order chi connectivity index (χ0) is 16.6. The highest BCUT2D eigenvalue weighted by molar-refractivity contribution is 6.31. The molecule has 2 N–H and O–H groups in total. The van der Waals surface area contributed by atoms with Gasteiger partial charge in [0.1, 0.15) is 11.9 Å². The number of rotatable bonds is 3. The number of carboxylic acids is 1. The summed E-state index contributed by atoms with van der Waals surface area (Å²) < 4.78 is 13.8. The highest BCUT2D eigenvalue weighted by Gasteiger charge is 2.36. The predicted molar refractivity (Wildman–Crippen MR) is 79.4 cm³/mol. The van der Waals surface area contributed by atoms with Gasteiger partial charge in [0, 0.05) is 17.0 Å². The Morgan fingerprint density at radius 3 is 2.96 bits per heavy atom. The van der Waals surface area contributed by atoms with Crippen molar-refractivity contribution in [2.45, 2.75) is 25.4 Å². The number of benzene rings is 1. The van der Waals surface area contributed by atoms with Crippen LogP contribution in [0.25, 0.3) is 0 Å². The number of fused-ring (bicyclic) bond motifs is 1. The van der Waals surface area contributed by atoms with Crippen LogP contribution in [0.15, 0.2) is 24.5 Å². The molecule has 0 bridgehead atoms. The second-order valence-electron chi connectivity index (χ2n) is 5.28. The minimum absolute atomic E-state index is 0.0683. The number of carbonyl (C=O) groups is 2. The Balaban J connectivity index is 1.87. The number of nitrogens with zero attached hydrogens (tertiary/aromatic N) is 2. The molecule has 0 spiro atoms. The smallest absolute Gasteiger partial charge is 0.326 e. The molecule has 0 fully saturated rings. The van der Waals surface area contributed by atoms with E-state index in [4.69, 9.17) is 11.6 Å². The maximum atomic E-state index is 13.8. The zero-order valence-corrected chi connectivity index (χ0v) is 12.7. The van der Waals surface area contributed by atoms with E-state index in [1.807, 2.05) is 0 Å². The minimum Gasteiger partial charge on any atom is -0.480 e. The van der Waals surface area contributed by atoms with E-state index in [2.05, 4.69) is 9.97 Å². The highest BCUT2D eigenvalue weighted by Crippen LogP contribution is 2.24. The first-order chi connectivity index (χ1) is 11.0. The van der Waals surface area contributed by atoms with Gasteiger partial charge in [-0.25, -0.2) is 14.2 Å². The maximum absolute atomic E-state index is 13.8. The van der Waals surface area contributed by atoms with Crippen LogP contribution < -0.4 is 0 Å². The number of carbonyl (C=O) groups excluding carboxylic acids is 1. The largest absolute Gasteiger partial charge is 0.480 e. The van der Waals surface area contributed by atoms with Crippen LogP contribution in [0.3, 0.4) is 0 Å². The number of hydrogen-bond donors (Lipinski definition) is 2. The normalized spacial score (nSPS) is 17.0. The van der Waals surface area contributed by atoms with Gasteiger partial charge in [0.05, 0.1) is 30.7 Å².